The lowest BCUT2D eigenvalue weighted by Crippen LogP contribution is -2.41. The van der Waals surface area contributed by atoms with Crippen molar-refractivity contribution in [1.82, 2.24) is 20.0 Å². The molecule has 2 saturated heterocycles. The smallest absolute Gasteiger partial charge is 0.114 e. The van der Waals surface area contributed by atoms with E-state index in [4.69, 9.17) is 0 Å². The van der Waals surface area contributed by atoms with E-state index < -0.39 is 6.17 Å². The molecule has 20 heavy (non-hydrogen) atoms. The highest BCUT2D eigenvalue weighted by atomic mass is 32.2. The molecule has 3 atom stereocenters. The summed E-state index contributed by atoms with van der Waals surface area (Å²) in [6, 6.07) is 0.940. The number of hydrogen-bond acceptors (Lipinski definition) is 4. The first kappa shape index (κ1) is 14.4. The van der Waals surface area contributed by atoms with Gasteiger partial charge in [0.1, 0.15) is 6.17 Å². The van der Waals surface area contributed by atoms with Crippen molar-refractivity contribution >= 4 is 11.8 Å². The lowest BCUT2D eigenvalue weighted by atomic mass is 10.1. The second-order valence-electron chi connectivity index (χ2n) is 5.91. The van der Waals surface area contributed by atoms with Gasteiger partial charge in [-0.2, -0.15) is 16.9 Å². The van der Waals surface area contributed by atoms with Crippen LogP contribution in [0.1, 0.15) is 18.4 Å². The minimum Gasteiger partial charge on any atom is -0.312 e. The average Bonchev–Trinajstić information content (AvgIpc) is 3.10. The summed E-state index contributed by atoms with van der Waals surface area (Å²) in [6.45, 7) is 2.27. The predicted octanol–water partition coefficient (Wildman–Crippen LogP) is 1.43. The molecule has 0 aromatic carbocycles. The highest BCUT2D eigenvalue weighted by Gasteiger charge is 2.32. The van der Waals surface area contributed by atoms with Crippen LogP contribution in [0.4, 0.5) is 4.39 Å². The van der Waals surface area contributed by atoms with E-state index >= 15 is 0 Å². The van der Waals surface area contributed by atoms with E-state index in [1.807, 2.05) is 31.2 Å². The van der Waals surface area contributed by atoms with E-state index in [1.54, 1.807) is 4.68 Å². The van der Waals surface area contributed by atoms with Crippen LogP contribution in [0.25, 0.3) is 0 Å². The van der Waals surface area contributed by atoms with Gasteiger partial charge in [-0.1, -0.05) is 0 Å². The van der Waals surface area contributed by atoms with E-state index in [0.29, 0.717) is 25.0 Å². The fourth-order valence-corrected chi connectivity index (χ4v) is 4.30. The molecule has 2 fully saturated rings. The Kier molecular flexibility index (Phi) is 4.63. The van der Waals surface area contributed by atoms with Crippen molar-refractivity contribution < 1.29 is 4.39 Å². The first-order valence-corrected chi connectivity index (χ1v) is 8.53. The number of nitrogens with one attached hydrogen (secondary N) is 1. The van der Waals surface area contributed by atoms with E-state index in [-0.39, 0.29) is 0 Å². The summed E-state index contributed by atoms with van der Waals surface area (Å²) >= 11 is 2.01. The molecule has 2 aliphatic rings. The van der Waals surface area contributed by atoms with Crippen molar-refractivity contribution in [2.24, 2.45) is 7.05 Å². The van der Waals surface area contributed by atoms with E-state index in [2.05, 4.69) is 15.3 Å². The third-order valence-electron chi connectivity index (χ3n) is 4.19. The van der Waals surface area contributed by atoms with Crippen molar-refractivity contribution in [3.05, 3.63) is 18.0 Å². The van der Waals surface area contributed by atoms with E-state index in [0.717, 1.165) is 13.1 Å². The van der Waals surface area contributed by atoms with Gasteiger partial charge in [0.2, 0.25) is 0 Å². The molecule has 3 heterocycles. The number of aryl methyl sites for hydroxylation is 1. The molecule has 2 aliphatic heterocycles. The van der Waals surface area contributed by atoms with Gasteiger partial charge in [0.15, 0.2) is 0 Å². The van der Waals surface area contributed by atoms with Gasteiger partial charge in [0.05, 0.1) is 6.20 Å². The molecule has 1 aromatic heterocycles. The maximum absolute atomic E-state index is 13.7. The molecule has 0 aliphatic carbocycles. The van der Waals surface area contributed by atoms with Crippen LogP contribution in [0.2, 0.25) is 0 Å². The highest BCUT2D eigenvalue weighted by molar-refractivity contribution is 7.99. The summed E-state index contributed by atoms with van der Waals surface area (Å²) < 4.78 is 15.5. The summed E-state index contributed by atoms with van der Waals surface area (Å²) in [4.78, 5) is 2.26. The summed E-state index contributed by atoms with van der Waals surface area (Å²) in [6.07, 6.45) is 5.12. The Balaban J connectivity index is 1.53. The molecule has 0 amide bonds. The monoisotopic (exact) mass is 298 g/mol. The number of aromatic nitrogens is 2. The highest BCUT2D eigenvalue weighted by Crippen LogP contribution is 2.23. The van der Waals surface area contributed by atoms with Crippen LogP contribution in [-0.2, 0) is 13.6 Å². The Morgan fingerprint density at radius 1 is 1.55 bits per heavy atom. The Hall–Kier alpha value is -0.590. The lowest BCUT2D eigenvalue weighted by Gasteiger charge is -2.25. The zero-order chi connectivity index (χ0) is 13.9. The molecule has 0 unspecified atom stereocenters. The number of halogens is 1. The number of thioether (sulfide) groups is 1. The first-order chi connectivity index (χ1) is 9.70. The lowest BCUT2D eigenvalue weighted by molar-refractivity contribution is 0.227. The molecule has 0 saturated carbocycles. The third kappa shape index (κ3) is 3.54. The van der Waals surface area contributed by atoms with Crippen molar-refractivity contribution in [3.63, 3.8) is 0 Å². The average molecular weight is 298 g/mol. The molecule has 4 nitrogen and oxygen atoms in total. The Labute approximate surface area is 124 Å². The van der Waals surface area contributed by atoms with Gasteiger partial charge in [-0.15, -0.1) is 0 Å². The topological polar surface area (TPSA) is 33.1 Å². The minimum absolute atomic E-state index is 0.316. The van der Waals surface area contributed by atoms with Gasteiger partial charge in [0.25, 0.3) is 0 Å². The second-order valence-corrected chi connectivity index (χ2v) is 7.06. The minimum atomic E-state index is -0.684. The molecule has 3 rings (SSSR count). The zero-order valence-corrected chi connectivity index (χ0v) is 12.8. The van der Waals surface area contributed by atoms with Crippen LogP contribution in [0.15, 0.2) is 12.4 Å². The molecule has 1 N–H and O–H groups in total. The Morgan fingerprint density at radius 3 is 3.15 bits per heavy atom. The van der Waals surface area contributed by atoms with Crippen LogP contribution in [0.5, 0.6) is 0 Å². The molecule has 112 valence electrons. The summed E-state index contributed by atoms with van der Waals surface area (Å²) in [5.74, 6) is 2.46. The number of likely N-dealkylation sites (tertiary alicyclic amines) is 1. The Morgan fingerprint density at radius 2 is 2.45 bits per heavy atom. The molecule has 0 spiro atoms. The molecule has 6 heteroatoms. The van der Waals surface area contributed by atoms with Crippen LogP contribution in [-0.4, -0.2) is 57.5 Å². The number of rotatable bonds is 5. The molecular formula is C14H23FN4S. The molecule has 0 bridgehead atoms. The van der Waals surface area contributed by atoms with Crippen molar-refractivity contribution in [2.45, 2.75) is 37.6 Å². The van der Waals surface area contributed by atoms with Crippen LogP contribution < -0.4 is 5.32 Å². The van der Waals surface area contributed by atoms with Gasteiger partial charge in [-0.05, 0) is 18.6 Å². The van der Waals surface area contributed by atoms with Crippen molar-refractivity contribution in [2.75, 3.05) is 24.6 Å². The van der Waals surface area contributed by atoms with E-state index in [9.17, 15) is 4.39 Å². The number of hydrogen-bond donors (Lipinski definition) is 1. The Bertz CT molecular complexity index is 433. The quantitative estimate of drug-likeness (QED) is 0.891. The van der Waals surface area contributed by atoms with Crippen molar-refractivity contribution in [3.8, 4) is 0 Å². The maximum atomic E-state index is 13.7. The van der Waals surface area contributed by atoms with Crippen LogP contribution >= 0.6 is 11.8 Å². The summed E-state index contributed by atoms with van der Waals surface area (Å²) in [5, 5.41) is 7.80. The normalized spacial score (nSPS) is 31.2. The van der Waals surface area contributed by atoms with Gasteiger partial charge in [-0.3, -0.25) is 9.58 Å². The number of alkyl halides is 1. The third-order valence-corrected chi connectivity index (χ3v) is 5.36. The zero-order valence-electron chi connectivity index (χ0n) is 12.0. The van der Waals surface area contributed by atoms with Gasteiger partial charge in [-0.25, -0.2) is 4.39 Å². The first-order valence-electron chi connectivity index (χ1n) is 7.37. The number of nitrogens with zero attached hydrogens (tertiary/aromatic N) is 3. The standard InChI is InChI=1S/C14H23FN4S/c1-18-7-11(5-17-18)8-19-9-12(15)4-14(19)6-16-13-2-3-20-10-13/h5,7,12-14,16H,2-4,6,8-10H2,1H3/t12-,13+,14-/m0/s1. The molecule has 0 radical (unpaired) electrons. The van der Waals surface area contributed by atoms with Crippen LogP contribution in [0, 0.1) is 0 Å². The molecular weight excluding hydrogens is 275 g/mol. The van der Waals surface area contributed by atoms with Gasteiger partial charge >= 0.3 is 0 Å². The van der Waals surface area contributed by atoms with Crippen LogP contribution in [0.3, 0.4) is 0 Å². The van der Waals surface area contributed by atoms with Crippen molar-refractivity contribution in [1.29, 1.82) is 0 Å². The maximum Gasteiger partial charge on any atom is 0.114 e. The second kappa shape index (κ2) is 6.45. The summed E-state index contributed by atoms with van der Waals surface area (Å²) in [7, 11) is 1.92. The predicted molar refractivity (Wildman–Crippen MR) is 80.7 cm³/mol. The molecule has 1 aromatic rings. The van der Waals surface area contributed by atoms with Gasteiger partial charge < -0.3 is 5.32 Å². The largest absolute Gasteiger partial charge is 0.312 e. The SMILES string of the molecule is Cn1cc(CN2C[C@@H](F)C[C@H]2CN[C@@H]2CCSC2)cn1. The van der Waals surface area contributed by atoms with E-state index in [1.165, 1.54) is 23.5 Å². The fourth-order valence-electron chi connectivity index (χ4n) is 3.11. The van der Waals surface area contributed by atoms with Gasteiger partial charge in [0, 0.05) is 56.3 Å². The fraction of sp³-hybridized carbons (Fsp3) is 0.786. The summed E-state index contributed by atoms with van der Waals surface area (Å²) in [5.41, 5.74) is 1.17.